The van der Waals surface area contributed by atoms with Gasteiger partial charge in [-0.2, -0.15) is 0 Å². The van der Waals surface area contributed by atoms with Gasteiger partial charge in [-0.1, -0.05) is 12.1 Å². The summed E-state index contributed by atoms with van der Waals surface area (Å²) in [5.41, 5.74) is 6.03. The van der Waals surface area contributed by atoms with Gasteiger partial charge in [-0.25, -0.2) is 0 Å². The maximum Gasteiger partial charge on any atom is 0.251 e. The van der Waals surface area contributed by atoms with E-state index in [1.807, 2.05) is 13.1 Å². The van der Waals surface area contributed by atoms with Crippen molar-refractivity contribution in [2.45, 2.75) is 33.0 Å². The Morgan fingerprint density at radius 1 is 1.35 bits per heavy atom. The Hall–Kier alpha value is -2.24. The van der Waals surface area contributed by atoms with Crippen LogP contribution in [-0.2, 0) is 26.1 Å². The number of aryl methyl sites for hydroxylation is 1. The molecule has 0 saturated carbocycles. The van der Waals surface area contributed by atoms with Crippen LogP contribution in [0.4, 0.5) is 0 Å². The highest BCUT2D eigenvalue weighted by molar-refractivity contribution is 5.94. The maximum absolute atomic E-state index is 12.3. The van der Waals surface area contributed by atoms with Crippen molar-refractivity contribution < 1.29 is 9.90 Å². The zero-order valence-corrected chi connectivity index (χ0v) is 13.2. The molecule has 1 amide bonds. The van der Waals surface area contributed by atoms with Crippen LogP contribution in [0.3, 0.4) is 0 Å². The molecule has 0 atom stereocenters. The van der Waals surface area contributed by atoms with Crippen LogP contribution in [0.2, 0.25) is 0 Å². The summed E-state index contributed by atoms with van der Waals surface area (Å²) in [6, 6.07) is 6.99. The highest BCUT2D eigenvalue weighted by Gasteiger charge is 2.16. The Bertz CT molecular complexity index is 711. The van der Waals surface area contributed by atoms with E-state index in [1.165, 1.54) is 11.1 Å². The van der Waals surface area contributed by atoms with E-state index in [1.54, 1.807) is 24.3 Å². The van der Waals surface area contributed by atoms with Crippen molar-refractivity contribution in [1.29, 1.82) is 0 Å². The van der Waals surface area contributed by atoms with Crippen LogP contribution < -0.4 is 10.6 Å². The van der Waals surface area contributed by atoms with E-state index in [4.69, 9.17) is 5.11 Å². The highest BCUT2D eigenvalue weighted by Crippen LogP contribution is 2.20. The average Bonchev–Trinajstić information content (AvgIpc) is 2.60. The molecule has 1 aliphatic rings. The standard InChI is InChI=1S/C18H21N3O2/c1-12-17(16-6-7-19-8-15(16)9-20-12)10-21-18(23)14-4-2-13(11-22)3-5-14/h2-5,9,19,22H,6-8,10-11H2,1H3,(H,21,23). The predicted octanol–water partition coefficient (Wildman–Crippen LogP) is 1.46. The monoisotopic (exact) mass is 311 g/mol. The molecule has 120 valence electrons. The van der Waals surface area contributed by atoms with Gasteiger partial charge in [0.15, 0.2) is 0 Å². The predicted molar refractivity (Wildman–Crippen MR) is 87.9 cm³/mol. The van der Waals surface area contributed by atoms with Crippen LogP contribution >= 0.6 is 0 Å². The number of hydrogen-bond acceptors (Lipinski definition) is 4. The number of carbonyl (C=O) groups excluding carboxylic acids is 1. The van der Waals surface area contributed by atoms with Gasteiger partial charge in [0.25, 0.3) is 5.91 Å². The zero-order valence-electron chi connectivity index (χ0n) is 13.2. The lowest BCUT2D eigenvalue weighted by Crippen LogP contribution is -2.28. The normalized spacial score (nSPS) is 13.5. The number of aliphatic hydroxyl groups is 1. The zero-order chi connectivity index (χ0) is 16.2. The number of rotatable bonds is 4. The molecule has 0 bridgehead atoms. The van der Waals surface area contributed by atoms with Crippen LogP contribution in [0.5, 0.6) is 0 Å². The van der Waals surface area contributed by atoms with E-state index in [0.29, 0.717) is 12.1 Å². The van der Waals surface area contributed by atoms with Crippen LogP contribution in [-0.4, -0.2) is 22.5 Å². The smallest absolute Gasteiger partial charge is 0.251 e. The minimum Gasteiger partial charge on any atom is -0.392 e. The van der Waals surface area contributed by atoms with Gasteiger partial charge in [0.2, 0.25) is 0 Å². The molecule has 3 rings (SSSR count). The van der Waals surface area contributed by atoms with E-state index in [0.717, 1.165) is 36.3 Å². The van der Waals surface area contributed by atoms with E-state index >= 15 is 0 Å². The summed E-state index contributed by atoms with van der Waals surface area (Å²) in [7, 11) is 0. The lowest BCUT2D eigenvalue weighted by Gasteiger charge is -2.21. The van der Waals surface area contributed by atoms with Crippen LogP contribution in [0, 0.1) is 6.92 Å². The number of nitrogens with one attached hydrogen (secondary N) is 2. The summed E-state index contributed by atoms with van der Waals surface area (Å²) in [6.07, 6.45) is 2.89. The first-order chi connectivity index (χ1) is 11.2. The van der Waals surface area contributed by atoms with Gasteiger partial charge in [-0.05, 0) is 54.3 Å². The Morgan fingerprint density at radius 2 is 2.13 bits per heavy atom. The highest BCUT2D eigenvalue weighted by atomic mass is 16.3. The number of amides is 1. The first-order valence-corrected chi connectivity index (χ1v) is 7.84. The average molecular weight is 311 g/mol. The van der Waals surface area contributed by atoms with Gasteiger partial charge in [-0.3, -0.25) is 9.78 Å². The van der Waals surface area contributed by atoms with Gasteiger partial charge in [0, 0.05) is 30.5 Å². The molecule has 3 N–H and O–H groups in total. The molecule has 1 aliphatic heterocycles. The van der Waals surface area contributed by atoms with Gasteiger partial charge in [-0.15, -0.1) is 0 Å². The van der Waals surface area contributed by atoms with Crippen molar-refractivity contribution in [1.82, 2.24) is 15.6 Å². The molecular weight excluding hydrogens is 290 g/mol. The molecule has 0 aliphatic carbocycles. The van der Waals surface area contributed by atoms with Crippen LogP contribution in [0.15, 0.2) is 30.5 Å². The molecule has 5 nitrogen and oxygen atoms in total. The summed E-state index contributed by atoms with van der Waals surface area (Å²) in [4.78, 5) is 16.7. The number of pyridine rings is 1. The fourth-order valence-corrected chi connectivity index (χ4v) is 2.91. The van der Waals surface area contributed by atoms with Crippen molar-refractivity contribution in [3.8, 4) is 0 Å². The summed E-state index contributed by atoms with van der Waals surface area (Å²) in [6.45, 7) is 4.26. The fraction of sp³-hybridized carbons (Fsp3) is 0.333. The van der Waals surface area contributed by atoms with Crippen molar-refractivity contribution >= 4 is 5.91 Å². The maximum atomic E-state index is 12.3. The molecule has 2 aromatic rings. The Kier molecular flexibility index (Phi) is 4.69. The van der Waals surface area contributed by atoms with Gasteiger partial charge in [0.1, 0.15) is 0 Å². The molecule has 23 heavy (non-hydrogen) atoms. The summed E-state index contributed by atoms with van der Waals surface area (Å²) in [5, 5.41) is 15.4. The number of nitrogens with zero attached hydrogens (tertiary/aromatic N) is 1. The molecule has 1 aromatic carbocycles. The minimum absolute atomic E-state index is 0.0169. The van der Waals surface area contributed by atoms with Crippen molar-refractivity contribution in [2.75, 3.05) is 6.54 Å². The van der Waals surface area contributed by atoms with E-state index in [2.05, 4.69) is 15.6 Å². The first kappa shape index (κ1) is 15.6. The summed E-state index contributed by atoms with van der Waals surface area (Å²) >= 11 is 0. The molecule has 0 unspecified atom stereocenters. The number of fused-ring (bicyclic) bond motifs is 1. The third-order valence-corrected chi connectivity index (χ3v) is 4.29. The molecule has 0 radical (unpaired) electrons. The molecule has 0 spiro atoms. The molecular formula is C18H21N3O2. The molecule has 1 aromatic heterocycles. The molecule has 2 heterocycles. The second-order valence-electron chi connectivity index (χ2n) is 5.79. The Balaban J connectivity index is 1.73. The summed E-state index contributed by atoms with van der Waals surface area (Å²) < 4.78 is 0. The largest absolute Gasteiger partial charge is 0.392 e. The lowest BCUT2D eigenvalue weighted by molar-refractivity contribution is 0.0950. The van der Waals surface area contributed by atoms with Crippen molar-refractivity contribution in [2.24, 2.45) is 0 Å². The number of benzene rings is 1. The SMILES string of the molecule is Cc1ncc2c(c1CNC(=O)c1ccc(CO)cc1)CCNC2. The van der Waals surface area contributed by atoms with E-state index in [9.17, 15) is 4.79 Å². The third-order valence-electron chi connectivity index (χ3n) is 4.29. The second kappa shape index (κ2) is 6.89. The number of carbonyl (C=O) groups is 1. The number of aliphatic hydroxyl groups excluding tert-OH is 1. The van der Waals surface area contributed by atoms with Crippen LogP contribution in [0.25, 0.3) is 0 Å². The van der Waals surface area contributed by atoms with Gasteiger partial charge < -0.3 is 15.7 Å². The van der Waals surface area contributed by atoms with Gasteiger partial charge in [0.05, 0.1) is 6.61 Å². The van der Waals surface area contributed by atoms with E-state index in [-0.39, 0.29) is 12.5 Å². The topological polar surface area (TPSA) is 74.2 Å². The lowest BCUT2D eigenvalue weighted by atomic mass is 9.96. The van der Waals surface area contributed by atoms with Crippen molar-refractivity contribution in [3.63, 3.8) is 0 Å². The quantitative estimate of drug-likeness (QED) is 0.799. The molecule has 5 heteroatoms. The summed E-state index contributed by atoms with van der Waals surface area (Å²) in [5.74, 6) is -0.111. The van der Waals surface area contributed by atoms with E-state index < -0.39 is 0 Å². The third kappa shape index (κ3) is 3.41. The molecule has 0 fully saturated rings. The van der Waals surface area contributed by atoms with Crippen molar-refractivity contribution in [3.05, 3.63) is 64.0 Å². The first-order valence-electron chi connectivity index (χ1n) is 7.84. The minimum atomic E-state index is -0.111. The second-order valence-corrected chi connectivity index (χ2v) is 5.79. The van der Waals surface area contributed by atoms with Gasteiger partial charge >= 0.3 is 0 Å². The molecule has 0 saturated heterocycles. The Labute approximate surface area is 135 Å². The fourth-order valence-electron chi connectivity index (χ4n) is 2.91. The number of aromatic nitrogens is 1. The Morgan fingerprint density at radius 3 is 2.87 bits per heavy atom. The van der Waals surface area contributed by atoms with Crippen LogP contribution in [0.1, 0.15) is 38.3 Å². The number of hydrogen-bond donors (Lipinski definition) is 3.